The highest BCUT2D eigenvalue weighted by atomic mass is 16.5. The number of H-pyrrole nitrogens is 1. The number of nitriles is 1. The zero-order valence-corrected chi connectivity index (χ0v) is 16.4. The van der Waals surface area contributed by atoms with Crippen molar-refractivity contribution in [3.8, 4) is 11.8 Å². The summed E-state index contributed by atoms with van der Waals surface area (Å²) in [5.41, 5.74) is 1.73. The average molecular weight is 395 g/mol. The molecule has 0 saturated carbocycles. The quantitative estimate of drug-likeness (QED) is 0.488. The van der Waals surface area contributed by atoms with E-state index in [1.165, 1.54) is 0 Å². The first kappa shape index (κ1) is 22.0. The second kappa shape index (κ2) is 10.9. The number of rotatable bonds is 7. The van der Waals surface area contributed by atoms with E-state index in [4.69, 9.17) is 15.1 Å². The van der Waals surface area contributed by atoms with Crippen molar-refractivity contribution in [2.45, 2.75) is 26.0 Å². The number of aromatic nitrogens is 1. The molecular formula is C22H25N3O4. The first-order valence-corrected chi connectivity index (χ1v) is 9.25. The maximum absolute atomic E-state index is 10.2. The lowest BCUT2D eigenvalue weighted by Crippen LogP contribution is -2.35. The number of carboxylic acids is 1. The van der Waals surface area contributed by atoms with Crippen LogP contribution in [-0.2, 0) is 0 Å². The van der Waals surface area contributed by atoms with Gasteiger partial charge in [0, 0.05) is 18.8 Å². The van der Waals surface area contributed by atoms with Crippen molar-refractivity contribution in [1.82, 2.24) is 10.3 Å². The molecule has 1 atom stereocenters. The van der Waals surface area contributed by atoms with E-state index in [2.05, 4.69) is 16.4 Å². The van der Waals surface area contributed by atoms with Gasteiger partial charge in [-0.05, 0) is 24.3 Å². The monoisotopic (exact) mass is 395 g/mol. The zero-order valence-electron chi connectivity index (χ0n) is 16.4. The number of nitrogens with zero attached hydrogens (tertiary/aromatic N) is 1. The van der Waals surface area contributed by atoms with Gasteiger partial charge in [-0.15, -0.1) is 0 Å². The van der Waals surface area contributed by atoms with Crippen LogP contribution in [-0.4, -0.2) is 46.5 Å². The van der Waals surface area contributed by atoms with Crippen molar-refractivity contribution in [3.05, 3.63) is 65.9 Å². The maximum atomic E-state index is 10.2. The molecular weight excluding hydrogens is 370 g/mol. The summed E-state index contributed by atoms with van der Waals surface area (Å²) in [7, 11) is 0. The fourth-order valence-corrected chi connectivity index (χ4v) is 2.56. The van der Waals surface area contributed by atoms with Gasteiger partial charge in [-0.2, -0.15) is 5.26 Å². The lowest BCUT2D eigenvalue weighted by molar-refractivity contribution is 0.0697. The highest BCUT2D eigenvalue weighted by Gasteiger charge is 2.11. The molecule has 0 aliphatic heterocycles. The summed E-state index contributed by atoms with van der Waals surface area (Å²) in [5.74, 6) is -0.264. The number of nitrogens with one attached hydrogen (secondary N) is 2. The number of aliphatic hydroxyl groups excluding tert-OH is 1. The molecule has 0 fully saturated rings. The van der Waals surface area contributed by atoms with Crippen LogP contribution in [0.15, 0.2) is 54.7 Å². The van der Waals surface area contributed by atoms with Crippen molar-refractivity contribution >= 4 is 16.9 Å². The summed E-state index contributed by atoms with van der Waals surface area (Å²) in [6.07, 6.45) is 1.07. The number of carboxylic acid groups (broad SMARTS) is 1. The Balaban J connectivity index is 0.000000278. The third-order valence-electron chi connectivity index (χ3n) is 4.00. The molecule has 7 nitrogen and oxygen atoms in total. The molecule has 0 radical (unpaired) electrons. The van der Waals surface area contributed by atoms with Gasteiger partial charge in [0.2, 0.25) is 0 Å². The van der Waals surface area contributed by atoms with Crippen LogP contribution in [0.5, 0.6) is 5.75 Å². The number of aromatic carboxylic acids is 1. The molecule has 0 bridgehead atoms. The van der Waals surface area contributed by atoms with Gasteiger partial charge in [-0.1, -0.05) is 38.1 Å². The number of aliphatic hydroxyl groups is 1. The molecule has 29 heavy (non-hydrogen) atoms. The number of hydrogen-bond donors (Lipinski definition) is 4. The van der Waals surface area contributed by atoms with E-state index in [0.717, 1.165) is 10.9 Å². The number of aromatic amines is 1. The number of ether oxygens (including phenoxy) is 1. The molecule has 2 aromatic carbocycles. The van der Waals surface area contributed by atoms with E-state index in [1.807, 2.05) is 26.0 Å². The van der Waals surface area contributed by atoms with E-state index >= 15 is 0 Å². The van der Waals surface area contributed by atoms with Gasteiger partial charge < -0.3 is 25.3 Å². The molecule has 1 aromatic heterocycles. The van der Waals surface area contributed by atoms with Gasteiger partial charge in [-0.25, -0.2) is 4.79 Å². The van der Waals surface area contributed by atoms with E-state index < -0.39 is 12.1 Å². The molecule has 1 unspecified atom stereocenters. The molecule has 0 aliphatic rings. The average Bonchev–Trinajstić information content (AvgIpc) is 3.15. The van der Waals surface area contributed by atoms with Gasteiger partial charge in [0.05, 0.1) is 22.0 Å². The van der Waals surface area contributed by atoms with E-state index in [0.29, 0.717) is 29.5 Å². The minimum Gasteiger partial charge on any atom is -0.490 e. The van der Waals surface area contributed by atoms with Crippen molar-refractivity contribution < 1.29 is 19.7 Å². The molecule has 0 saturated heterocycles. The number of carbonyl (C=O) groups is 1. The third kappa shape index (κ3) is 6.64. The minimum absolute atomic E-state index is 0.189. The molecule has 3 rings (SSSR count). The number of hydrogen-bond acceptors (Lipinski definition) is 5. The molecule has 4 N–H and O–H groups in total. The summed E-state index contributed by atoms with van der Waals surface area (Å²) >= 11 is 0. The summed E-state index contributed by atoms with van der Waals surface area (Å²) in [6.45, 7) is 4.71. The van der Waals surface area contributed by atoms with Gasteiger partial charge in [0.15, 0.2) is 0 Å². The highest BCUT2D eigenvalue weighted by molar-refractivity contribution is 5.91. The third-order valence-corrected chi connectivity index (χ3v) is 4.00. The van der Waals surface area contributed by atoms with E-state index in [-0.39, 0.29) is 6.61 Å². The Morgan fingerprint density at radius 1 is 1.21 bits per heavy atom. The predicted molar refractivity (Wildman–Crippen MR) is 111 cm³/mol. The predicted octanol–water partition coefficient (Wildman–Crippen LogP) is 3.16. The van der Waals surface area contributed by atoms with Crippen molar-refractivity contribution in [3.63, 3.8) is 0 Å². The van der Waals surface area contributed by atoms with Crippen LogP contribution in [0.2, 0.25) is 0 Å². The summed E-state index contributed by atoms with van der Waals surface area (Å²) < 4.78 is 5.65. The molecule has 152 valence electrons. The maximum Gasteiger partial charge on any atom is 0.335 e. The lowest BCUT2D eigenvalue weighted by atomic mass is 10.1. The van der Waals surface area contributed by atoms with Crippen molar-refractivity contribution in [1.29, 1.82) is 5.26 Å². The Kier molecular flexibility index (Phi) is 8.22. The molecule has 0 aliphatic carbocycles. The SMILES string of the molecule is CC(C)NCC(O)COc1cccc2[nH]cc(C#N)c12.O=C(O)c1ccccc1. The minimum atomic E-state index is -0.879. The van der Waals surface area contributed by atoms with E-state index in [1.54, 1.807) is 42.6 Å². The summed E-state index contributed by atoms with van der Waals surface area (Å²) in [5, 5.41) is 31.2. The first-order valence-electron chi connectivity index (χ1n) is 9.25. The fraction of sp³-hybridized carbons (Fsp3) is 0.273. The Bertz CT molecular complexity index is 961. The van der Waals surface area contributed by atoms with Gasteiger partial charge >= 0.3 is 5.97 Å². The summed E-state index contributed by atoms with van der Waals surface area (Å²) in [6, 6.07) is 16.3. The number of fused-ring (bicyclic) bond motifs is 1. The van der Waals surface area contributed by atoms with Gasteiger partial charge in [0.1, 0.15) is 24.5 Å². The Morgan fingerprint density at radius 2 is 1.93 bits per heavy atom. The Morgan fingerprint density at radius 3 is 2.52 bits per heavy atom. The fourth-order valence-electron chi connectivity index (χ4n) is 2.56. The van der Waals surface area contributed by atoms with Crippen LogP contribution in [0.4, 0.5) is 0 Å². The Labute approximate surface area is 169 Å². The van der Waals surface area contributed by atoms with Gasteiger partial charge in [-0.3, -0.25) is 0 Å². The standard InChI is InChI=1S/C15H19N3O2.C7H6O2/c1-10(2)17-8-12(19)9-20-14-5-3-4-13-15(14)11(6-16)7-18-13;8-7(9)6-4-2-1-3-5-6/h3-5,7,10,12,17-19H,8-9H2,1-2H3;1-5H,(H,8,9). The van der Waals surface area contributed by atoms with Crippen molar-refractivity contribution in [2.75, 3.05) is 13.2 Å². The molecule has 1 heterocycles. The molecule has 0 spiro atoms. The lowest BCUT2D eigenvalue weighted by Gasteiger charge is -2.15. The van der Waals surface area contributed by atoms with Crippen molar-refractivity contribution in [2.24, 2.45) is 0 Å². The van der Waals surface area contributed by atoms with Crippen LogP contribution >= 0.6 is 0 Å². The smallest absolute Gasteiger partial charge is 0.335 e. The van der Waals surface area contributed by atoms with Gasteiger partial charge in [0.25, 0.3) is 0 Å². The largest absolute Gasteiger partial charge is 0.490 e. The first-order chi connectivity index (χ1) is 13.9. The Hall–Kier alpha value is -3.34. The van der Waals surface area contributed by atoms with Crippen LogP contribution < -0.4 is 10.1 Å². The zero-order chi connectivity index (χ0) is 21.2. The molecule has 0 amide bonds. The molecule has 3 aromatic rings. The normalized spacial score (nSPS) is 11.4. The van der Waals surface area contributed by atoms with E-state index in [9.17, 15) is 9.90 Å². The van der Waals surface area contributed by atoms with Crippen LogP contribution in [0.3, 0.4) is 0 Å². The topological polar surface area (TPSA) is 118 Å². The second-order valence-electron chi connectivity index (χ2n) is 6.69. The number of benzene rings is 2. The van der Waals surface area contributed by atoms with Crippen LogP contribution in [0.25, 0.3) is 10.9 Å². The van der Waals surface area contributed by atoms with Crippen LogP contribution in [0, 0.1) is 11.3 Å². The summed E-state index contributed by atoms with van der Waals surface area (Å²) in [4.78, 5) is 13.2. The van der Waals surface area contributed by atoms with Crippen LogP contribution in [0.1, 0.15) is 29.8 Å². The molecule has 7 heteroatoms. The highest BCUT2D eigenvalue weighted by Crippen LogP contribution is 2.28. The second-order valence-corrected chi connectivity index (χ2v) is 6.69.